The summed E-state index contributed by atoms with van der Waals surface area (Å²) in [4.78, 5) is 15.0. The predicted molar refractivity (Wildman–Crippen MR) is 142 cm³/mol. The summed E-state index contributed by atoms with van der Waals surface area (Å²) in [5.41, 5.74) is 0.0447. The summed E-state index contributed by atoms with van der Waals surface area (Å²) in [5.74, 6) is -1.29. The van der Waals surface area contributed by atoms with Crippen molar-refractivity contribution >= 4 is 21.4 Å². The van der Waals surface area contributed by atoms with Crippen molar-refractivity contribution in [3.8, 4) is 0 Å². The van der Waals surface area contributed by atoms with Crippen LogP contribution in [0.1, 0.15) is 58.9 Å². The molecule has 37 heavy (non-hydrogen) atoms. The molecule has 0 aromatic heterocycles. The standard InChI is InChI=1S/C28H39F2N3O3S/c1-7-33(25(34)16-20-12-14-37(35,36)17-20)18-28(5)13-11-21(27(28,3)4)19(2)15-24(32-31-6)26-22(29)9-8-10-23(26)30/h8-10,15,20-21H,2,7,11-14,16-18H2,1,3-6H3/b24-15-,32-31-/t20?,21-,28-/m0/s1. The molecule has 2 fully saturated rings. The smallest absolute Gasteiger partial charge is 0.222 e. The Morgan fingerprint density at radius 2 is 1.86 bits per heavy atom. The highest BCUT2D eigenvalue weighted by molar-refractivity contribution is 7.91. The van der Waals surface area contributed by atoms with Gasteiger partial charge in [-0.1, -0.05) is 33.4 Å². The van der Waals surface area contributed by atoms with Gasteiger partial charge in [0, 0.05) is 26.6 Å². The molecule has 2 aliphatic rings. The second-order valence-electron chi connectivity index (χ2n) is 11.3. The van der Waals surface area contributed by atoms with Gasteiger partial charge in [0.25, 0.3) is 0 Å². The average Bonchev–Trinajstić information content (AvgIpc) is 3.26. The Morgan fingerprint density at radius 3 is 2.41 bits per heavy atom. The van der Waals surface area contributed by atoms with Gasteiger partial charge in [0.2, 0.25) is 5.91 Å². The molecule has 1 aliphatic heterocycles. The lowest BCUT2D eigenvalue weighted by molar-refractivity contribution is -0.134. The maximum Gasteiger partial charge on any atom is 0.222 e. The topological polar surface area (TPSA) is 79.2 Å². The molecule has 0 spiro atoms. The lowest BCUT2D eigenvalue weighted by atomic mass is 9.64. The number of carbonyl (C=O) groups is 1. The zero-order valence-corrected chi connectivity index (χ0v) is 23.4. The first-order valence-electron chi connectivity index (χ1n) is 12.9. The molecule has 3 rings (SSSR count). The van der Waals surface area contributed by atoms with Gasteiger partial charge < -0.3 is 4.90 Å². The van der Waals surface area contributed by atoms with E-state index >= 15 is 0 Å². The van der Waals surface area contributed by atoms with Crippen molar-refractivity contribution in [3.63, 3.8) is 0 Å². The van der Waals surface area contributed by atoms with Crippen molar-refractivity contribution in [2.75, 3.05) is 31.6 Å². The molecule has 0 N–H and O–H groups in total. The number of hydrogen-bond donors (Lipinski definition) is 0. The number of hydrogen-bond acceptors (Lipinski definition) is 5. The number of rotatable bonds is 9. The molecular formula is C28H39F2N3O3S. The van der Waals surface area contributed by atoms with Gasteiger partial charge in [-0.2, -0.15) is 10.2 Å². The summed E-state index contributed by atoms with van der Waals surface area (Å²) in [7, 11) is -1.58. The Morgan fingerprint density at radius 1 is 1.22 bits per heavy atom. The zero-order chi connectivity index (χ0) is 27.6. The fourth-order valence-electron chi connectivity index (χ4n) is 5.98. The van der Waals surface area contributed by atoms with Gasteiger partial charge in [-0.15, -0.1) is 0 Å². The average molecular weight is 536 g/mol. The van der Waals surface area contributed by atoms with Crippen LogP contribution in [0.15, 0.2) is 46.7 Å². The predicted octanol–water partition coefficient (Wildman–Crippen LogP) is 6.06. The number of azo groups is 1. The highest BCUT2D eigenvalue weighted by Crippen LogP contribution is 2.58. The zero-order valence-electron chi connectivity index (χ0n) is 22.6. The van der Waals surface area contributed by atoms with Crippen LogP contribution in [0.25, 0.3) is 5.70 Å². The summed E-state index contributed by atoms with van der Waals surface area (Å²) in [5, 5.41) is 7.77. The number of allylic oxidation sites excluding steroid dienone is 2. The quantitative estimate of drug-likeness (QED) is 0.285. The van der Waals surface area contributed by atoms with E-state index in [1.807, 2.05) is 11.8 Å². The Kier molecular flexibility index (Phi) is 8.77. The third kappa shape index (κ3) is 6.19. The first kappa shape index (κ1) is 29.1. The van der Waals surface area contributed by atoms with E-state index in [-0.39, 0.29) is 57.8 Å². The third-order valence-corrected chi connectivity index (χ3v) is 10.5. The van der Waals surface area contributed by atoms with Crippen LogP contribution in [0.5, 0.6) is 0 Å². The largest absolute Gasteiger partial charge is 0.342 e. The molecule has 0 radical (unpaired) electrons. The molecule has 3 atom stereocenters. The van der Waals surface area contributed by atoms with Gasteiger partial charge in [0.15, 0.2) is 9.84 Å². The molecule has 1 heterocycles. The highest BCUT2D eigenvalue weighted by Gasteiger charge is 2.52. The summed E-state index contributed by atoms with van der Waals surface area (Å²) in [6.45, 7) is 13.8. The number of carbonyl (C=O) groups excluding carboxylic acids is 1. The molecule has 9 heteroatoms. The van der Waals surface area contributed by atoms with Crippen LogP contribution < -0.4 is 0 Å². The minimum atomic E-state index is -3.03. The molecule has 1 saturated heterocycles. The summed E-state index contributed by atoms with van der Waals surface area (Å²) in [6.07, 6.45) is 4.07. The van der Waals surface area contributed by atoms with E-state index in [2.05, 4.69) is 37.6 Å². The minimum absolute atomic E-state index is 0.00294. The lowest BCUT2D eigenvalue weighted by Gasteiger charge is -2.45. The van der Waals surface area contributed by atoms with Crippen molar-refractivity contribution in [2.24, 2.45) is 32.9 Å². The van der Waals surface area contributed by atoms with E-state index < -0.39 is 21.5 Å². The summed E-state index contributed by atoms with van der Waals surface area (Å²) in [6, 6.07) is 3.68. The number of nitrogens with zero attached hydrogens (tertiary/aromatic N) is 3. The van der Waals surface area contributed by atoms with Gasteiger partial charge in [0.05, 0.1) is 22.8 Å². The van der Waals surface area contributed by atoms with Gasteiger partial charge in [-0.05, 0) is 72.6 Å². The van der Waals surface area contributed by atoms with Gasteiger partial charge in [0.1, 0.15) is 11.6 Å². The van der Waals surface area contributed by atoms with Crippen LogP contribution in [0.4, 0.5) is 8.78 Å². The maximum atomic E-state index is 14.5. The van der Waals surface area contributed by atoms with E-state index in [4.69, 9.17) is 0 Å². The molecule has 0 bridgehead atoms. The minimum Gasteiger partial charge on any atom is -0.342 e. The fraction of sp³-hybridized carbons (Fsp3) is 0.607. The SMILES string of the molecule is C=C(/C=C(\N=N/C)c1c(F)cccc1F)[C@@H]1CC[C@@](C)(CN(CC)C(=O)CC2CCS(=O)(=O)C2)C1(C)C. The highest BCUT2D eigenvalue weighted by atomic mass is 32.2. The van der Waals surface area contributed by atoms with Crippen LogP contribution in [0, 0.1) is 34.3 Å². The van der Waals surface area contributed by atoms with E-state index in [0.717, 1.165) is 12.8 Å². The van der Waals surface area contributed by atoms with Crippen molar-refractivity contribution in [2.45, 2.75) is 53.4 Å². The molecule has 1 unspecified atom stereocenters. The number of halogens is 2. The van der Waals surface area contributed by atoms with Crippen molar-refractivity contribution in [1.82, 2.24) is 4.90 Å². The first-order chi connectivity index (χ1) is 17.2. The Labute approximate surface area is 219 Å². The molecule has 1 saturated carbocycles. The Hall–Kier alpha value is -2.42. The monoisotopic (exact) mass is 535 g/mol. The van der Waals surface area contributed by atoms with E-state index in [1.165, 1.54) is 25.2 Å². The van der Waals surface area contributed by atoms with Gasteiger partial charge >= 0.3 is 0 Å². The molecule has 204 valence electrons. The lowest BCUT2D eigenvalue weighted by Crippen LogP contribution is -2.46. The fourth-order valence-corrected chi connectivity index (χ4v) is 7.84. The van der Waals surface area contributed by atoms with Crippen LogP contribution >= 0.6 is 0 Å². The molecule has 1 aromatic rings. The molecular weight excluding hydrogens is 496 g/mol. The Bertz CT molecular complexity index is 1190. The number of amides is 1. The van der Waals surface area contributed by atoms with E-state index in [0.29, 0.717) is 25.1 Å². The van der Waals surface area contributed by atoms with Crippen molar-refractivity contribution in [1.29, 1.82) is 0 Å². The van der Waals surface area contributed by atoms with Crippen LogP contribution in [0.3, 0.4) is 0 Å². The summed E-state index contributed by atoms with van der Waals surface area (Å²) < 4.78 is 52.6. The molecule has 1 aliphatic carbocycles. The van der Waals surface area contributed by atoms with Gasteiger partial charge in [-0.25, -0.2) is 17.2 Å². The Balaban J connectivity index is 1.80. The normalized spacial score (nSPS) is 27.1. The molecule has 6 nitrogen and oxygen atoms in total. The van der Waals surface area contributed by atoms with Gasteiger partial charge in [-0.3, -0.25) is 4.79 Å². The number of sulfone groups is 1. The van der Waals surface area contributed by atoms with Crippen molar-refractivity contribution in [3.05, 3.63) is 53.6 Å². The van der Waals surface area contributed by atoms with Crippen LogP contribution in [0.2, 0.25) is 0 Å². The van der Waals surface area contributed by atoms with Crippen LogP contribution in [-0.2, 0) is 14.6 Å². The summed E-state index contributed by atoms with van der Waals surface area (Å²) >= 11 is 0. The second kappa shape index (κ2) is 11.1. The number of benzene rings is 1. The van der Waals surface area contributed by atoms with Crippen LogP contribution in [-0.4, -0.2) is 50.9 Å². The second-order valence-corrected chi connectivity index (χ2v) is 13.5. The molecule has 1 amide bonds. The third-order valence-electron chi connectivity index (χ3n) is 8.67. The first-order valence-corrected chi connectivity index (χ1v) is 14.7. The molecule has 1 aromatic carbocycles. The van der Waals surface area contributed by atoms with E-state index in [1.54, 1.807) is 6.08 Å². The van der Waals surface area contributed by atoms with E-state index in [9.17, 15) is 22.0 Å². The van der Waals surface area contributed by atoms with Crippen molar-refractivity contribution < 1.29 is 22.0 Å². The maximum absolute atomic E-state index is 14.5.